The first-order chi connectivity index (χ1) is 11.3. The zero-order chi connectivity index (χ0) is 17.7. The van der Waals surface area contributed by atoms with E-state index in [4.69, 9.17) is 51.8 Å². The molecule has 2 rings (SSSR count). The van der Waals surface area contributed by atoms with Gasteiger partial charge in [-0.15, -0.1) is 0 Å². The Morgan fingerprint density at radius 2 is 1.79 bits per heavy atom. The van der Waals surface area contributed by atoms with Crippen molar-refractivity contribution in [1.29, 1.82) is 0 Å². The Morgan fingerprint density at radius 1 is 1.21 bits per heavy atom. The van der Waals surface area contributed by atoms with Crippen LogP contribution in [0.5, 0.6) is 0 Å². The van der Waals surface area contributed by atoms with Gasteiger partial charge in [0.2, 0.25) is 3.79 Å². The lowest BCUT2D eigenvalue weighted by Gasteiger charge is -2.34. The Labute approximate surface area is 159 Å². The van der Waals surface area contributed by atoms with Crippen molar-refractivity contribution >= 4 is 58.0 Å². The van der Waals surface area contributed by atoms with E-state index in [2.05, 4.69) is 10.6 Å². The van der Waals surface area contributed by atoms with Gasteiger partial charge < -0.3 is 20.3 Å². The fourth-order valence-electron chi connectivity index (χ4n) is 2.00. The number of thiocarbonyl (C=S) groups is 1. The molecule has 1 atom stereocenters. The first kappa shape index (κ1) is 19.5. The summed E-state index contributed by atoms with van der Waals surface area (Å²) in [6, 6.07) is 5.01. The summed E-state index contributed by atoms with van der Waals surface area (Å²) in [6.07, 6.45) is -1.06. The molecule has 1 aromatic carbocycles. The highest BCUT2D eigenvalue weighted by molar-refractivity contribution is 7.80. The SMILES string of the molecule is O=C(NC(NC(=S)N1CCOCC1)C(Cl)(Cl)Cl)c1ccc(F)cc1. The minimum atomic E-state index is -1.84. The number of benzene rings is 1. The molecule has 1 amide bonds. The molecule has 0 aromatic heterocycles. The van der Waals surface area contributed by atoms with Crippen LogP contribution in [0.3, 0.4) is 0 Å². The highest BCUT2D eigenvalue weighted by atomic mass is 35.6. The van der Waals surface area contributed by atoms with E-state index < -0.39 is 21.7 Å². The molecule has 5 nitrogen and oxygen atoms in total. The minimum Gasteiger partial charge on any atom is -0.378 e. The molecule has 132 valence electrons. The average Bonchev–Trinajstić information content (AvgIpc) is 2.54. The van der Waals surface area contributed by atoms with Crippen LogP contribution in [0.15, 0.2) is 24.3 Å². The summed E-state index contributed by atoms with van der Waals surface area (Å²) in [7, 11) is 0. The van der Waals surface area contributed by atoms with Gasteiger partial charge in [0.25, 0.3) is 5.91 Å². The third kappa shape index (κ3) is 5.60. The number of carbonyl (C=O) groups excluding carboxylic acids is 1. The van der Waals surface area contributed by atoms with Crippen LogP contribution in [0.2, 0.25) is 0 Å². The number of nitrogens with one attached hydrogen (secondary N) is 2. The first-order valence-electron chi connectivity index (χ1n) is 7.03. The van der Waals surface area contributed by atoms with Crippen molar-refractivity contribution in [1.82, 2.24) is 15.5 Å². The van der Waals surface area contributed by atoms with Gasteiger partial charge in [0, 0.05) is 18.7 Å². The molecule has 1 aliphatic rings. The molecule has 24 heavy (non-hydrogen) atoms. The van der Waals surface area contributed by atoms with Crippen LogP contribution < -0.4 is 10.6 Å². The molecule has 1 aliphatic heterocycles. The maximum absolute atomic E-state index is 12.9. The van der Waals surface area contributed by atoms with Gasteiger partial charge in [-0.3, -0.25) is 4.79 Å². The van der Waals surface area contributed by atoms with Gasteiger partial charge in [-0.25, -0.2) is 4.39 Å². The molecule has 0 saturated carbocycles. The average molecular weight is 415 g/mol. The lowest BCUT2D eigenvalue weighted by atomic mass is 10.2. The van der Waals surface area contributed by atoms with E-state index in [1.54, 1.807) is 0 Å². The first-order valence-corrected chi connectivity index (χ1v) is 8.58. The van der Waals surface area contributed by atoms with Gasteiger partial charge in [0.15, 0.2) is 5.11 Å². The maximum atomic E-state index is 12.9. The monoisotopic (exact) mass is 413 g/mol. The summed E-state index contributed by atoms with van der Waals surface area (Å²) in [5.74, 6) is -0.973. The van der Waals surface area contributed by atoms with Gasteiger partial charge >= 0.3 is 0 Å². The molecule has 0 bridgehead atoms. The fourth-order valence-corrected chi connectivity index (χ4v) is 2.62. The van der Waals surface area contributed by atoms with Crippen molar-refractivity contribution in [2.45, 2.75) is 9.96 Å². The molecule has 1 aromatic rings. The zero-order valence-electron chi connectivity index (χ0n) is 12.4. The number of alkyl halides is 3. The molecule has 1 fully saturated rings. The van der Waals surface area contributed by atoms with E-state index in [1.165, 1.54) is 24.3 Å². The van der Waals surface area contributed by atoms with E-state index in [-0.39, 0.29) is 5.56 Å². The van der Waals surface area contributed by atoms with Crippen molar-refractivity contribution in [2.24, 2.45) is 0 Å². The predicted molar refractivity (Wildman–Crippen MR) is 96.1 cm³/mol. The van der Waals surface area contributed by atoms with Crippen LogP contribution in [-0.4, -0.2) is 52.2 Å². The van der Waals surface area contributed by atoms with Crippen molar-refractivity contribution in [3.63, 3.8) is 0 Å². The lowest BCUT2D eigenvalue weighted by Crippen LogP contribution is -2.59. The number of hydrogen-bond donors (Lipinski definition) is 2. The number of morpholine rings is 1. The van der Waals surface area contributed by atoms with E-state index >= 15 is 0 Å². The molecule has 10 heteroatoms. The molecular formula is C14H15Cl3FN3O2S. The third-order valence-corrected chi connectivity index (χ3v) is 4.31. The van der Waals surface area contributed by atoms with Crippen molar-refractivity contribution in [3.05, 3.63) is 35.6 Å². The van der Waals surface area contributed by atoms with Crippen LogP contribution in [0.25, 0.3) is 0 Å². The number of amides is 1. The van der Waals surface area contributed by atoms with E-state index in [9.17, 15) is 9.18 Å². The second kappa shape index (κ2) is 8.49. The highest BCUT2D eigenvalue weighted by Crippen LogP contribution is 2.29. The Kier molecular flexibility index (Phi) is 6.88. The number of ether oxygens (including phenoxy) is 1. The summed E-state index contributed by atoms with van der Waals surface area (Å²) in [5, 5.41) is 5.73. The summed E-state index contributed by atoms with van der Waals surface area (Å²) in [4.78, 5) is 14.1. The molecular weight excluding hydrogens is 400 g/mol. The Balaban J connectivity index is 2.03. The van der Waals surface area contributed by atoms with Crippen LogP contribution in [0.4, 0.5) is 4.39 Å². The smallest absolute Gasteiger partial charge is 0.252 e. The van der Waals surface area contributed by atoms with Crippen LogP contribution >= 0.6 is 47.0 Å². The number of hydrogen-bond acceptors (Lipinski definition) is 3. The predicted octanol–water partition coefficient (Wildman–Crippen LogP) is 2.46. The number of nitrogens with zero attached hydrogens (tertiary/aromatic N) is 1. The van der Waals surface area contributed by atoms with Gasteiger partial charge in [-0.05, 0) is 36.5 Å². The Bertz CT molecular complexity index is 592. The van der Waals surface area contributed by atoms with Gasteiger partial charge in [0.1, 0.15) is 12.0 Å². The number of halogens is 4. The van der Waals surface area contributed by atoms with E-state index in [1.807, 2.05) is 4.90 Å². The maximum Gasteiger partial charge on any atom is 0.252 e. The normalized spacial score (nSPS) is 16.4. The third-order valence-electron chi connectivity index (χ3n) is 3.28. The summed E-state index contributed by atoms with van der Waals surface area (Å²) in [5.41, 5.74) is 0.231. The topological polar surface area (TPSA) is 53.6 Å². The fraction of sp³-hybridized carbons (Fsp3) is 0.429. The zero-order valence-corrected chi connectivity index (χ0v) is 15.5. The van der Waals surface area contributed by atoms with E-state index in [0.29, 0.717) is 31.4 Å². The van der Waals surface area contributed by atoms with Crippen molar-refractivity contribution in [3.8, 4) is 0 Å². The Morgan fingerprint density at radius 3 is 2.33 bits per heavy atom. The minimum absolute atomic E-state index is 0.231. The van der Waals surface area contributed by atoms with Crippen LogP contribution in [-0.2, 0) is 4.74 Å². The standard InChI is InChI=1S/C14H15Cl3FN3O2S/c15-14(16,17)12(20-13(24)21-5-7-23-8-6-21)19-11(22)9-1-3-10(18)4-2-9/h1-4,12H,5-8H2,(H,19,22)(H,20,24). The molecule has 1 saturated heterocycles. The highest BCUT2D eigenvalue weighted by Gasteiger charge is 2.35. The van der Waals surface area contributed by atoms with Gasteiger partial charge in [-0.2, -0.15) is 0 Å². The van der Waals surface area contributed by atoms with Crippen molar-refractivity contribution < 1.29 is 13.9 Å². The second-order valence-electron chi connectivity index (χ2n) is 5.00. The van der Waals surface area contributed by atoms with Gasteiger partial charge in [0.05, 0.1) is 13.2 Å². The molecule has 2 N–H and O–H groups in total. The van der Waals surface area contributed by atoms with Gasteiger partial charge in [-0.1, -0.05) is 34.8 Å². The summed E-state index contributed by atoms with van der Waals surface area (Å²) < 4.78 is 16.3. The van der Waals surface area contributed by atoms with Crippen LogP contribution in [0, 0.1) is 5.82 Å². The van der Waals surface area contributed by atoms with E-state index in [0.717, 1.165) is 0 Å². The number of rotatable bonds is 3. The molecule has 1 heterocycles. The molecule has 0 radical (unpaired) electrons. The second-order valence-corrected chi connectivity index (χ2v) is 7.76. The molecule has 0 spiro atoms. The quantitative estimate of drug-likeness (QED) is 0.452. The largest absolute Gasteiger partial charge is 0.378 e. The molecule has 1 unspecified atom stereocenters. The summed E-state index contributed by atoms with van der Waals surface area (Å²) in [6.45, 7) is 2.29. The van der Waals surface area contributed by atoms with Crippen LogP contribution in [0.1, 0.15) is 10.4 Å². The van der Waals surface area contributed by atoms with Crippen molar-refractivity contribution in [2.75, 3.05) is 26.3 Å². The Hall–Kier alpha value is -0.860. The lowest BCUT2D eigenvalue weighted by molar-refractivity contribution is 0.0671. The summed E-state index contributed by atoms with van der Waals surface area (Å²) >= 11 is 23.1. The molecule has 0 aliphatic carbocycles. The number of carbonyl (C=O) groups is 1.